The predicted octanol–water partition coefficient (Wildman–Crippen LogP) is 2.32. The summed E-state index contributed by atoms with van der Waals surface area (Å²) in [6.45, 7) is 7.25. The van der Waals surface area contributed by atoms with Gasteiger partial charge in [0.25, 0.3) is 0 Å². The van der Waals surface area contributed by atoms with Crippen LogP contribution in [0.25, 0.3) is 0 Å². The smallest absolute Gasteiger partial charge is 0.341 e. The molecule has 0 bridgehead atoms. The topological polar surface area (TPSA) is 68.5 Å². The van der Waals surface area contributed by atoms with Crippen LogP contribution < -0.4 is 10.6 Å². The predicted molar refractivity (Wildman–Crippen MR) is 77.3 cm³/mol. The highest BCUT2D eigenvalue weighted by Gasteiger charge is 2.18. The Hall–Kier alpha value is -1.78. The number of nitrogens with zero attached hydrogens (tertiary/aromatic N) is 2. The summed E-state index contributed by atoms with van der Waals surface area (Å²) in [4.78, 5) is 18.2. The highest BCUT2D eigenvalue weighted by Crippen LogP contribution is 2.21. The molecule has 0 fully saturated rings. The Morgan fingerprint density at radius 1 is 1.53 bits per heavy atom. The minimum Gasteiger partial charge on any atom is -0.462 e. The third kappa shape index (κ3) is 4.12. The van der Waals surface area contributed by atoms with Gasteiger partial charge in [-0.25, -0.2) is 9.78 Å². The molecule has 0 aromatic carbocycles. The maximum atomic E-state index is 11.9. The van der Waals surface area contributed by atoms with Crippen LogP contribution in [0.2, 0.25) is 0 Å². The second-order valence-corrected chi connectivity index (χ2v) is 4.75. The van der Waals surface area contributed by atoms with Crippen molar-refractivity contribution in [1.29, 1.82) is 0 Å². The molecule has 0 radical (unpaired) electrons. The molecule has 0 saturated carbocycles. The first-order valence-electron chi connectivity index (χ1n) is 6.63. The third-order valence-corrected chi connectivity index (χ3v) is 3.03. The van der Waals surface area contributed by atoms with E-state index in [1.807, 2.05) is 11.9 Å². The number of carbonyl (C=O) groups excluding carboxylic acids is 1. The molecule has 0 aliphatic carbocycles. The summed E-state index contributed by atoms with van der Waals surface area (Å²) in [6, 6.07) is 1.62. The third-order valence-electron chi connectivity index (χ3n) is 3.03. The fourth-order valence-corrected chi connectivity index (χ4v) is 1.82. The lowest BCUT2D eigenvalue weighted by Gasteiger charge is -2.23. The summed E-state index contributed by atoms with van der Waals surface area (Å²) < 4.78 is 5.04. The highest BCUT2D eigenvalue weighted by atomic mass is 16.5. The Balaban J connectivity index is 3.02. The number of aromatic nitrogens is 1. The van der Waals surface area contributed by atoms with Crippen LogP contribution in [0.15, 0.2) is 12.3 Å². The zero-order valence-corrected chi connectivity index (χ0v) is 12.1. The number of carbonyl (C=O) groups is 1. The molecule has 1 unspecified atom stereocenters. The number of nitrogens with two attached hydrogens (primary N) is 1. The van der Waals surface area contributed by atoms with Crippen molar-refractivity contribution in [3.63, 3.8) is 0 Å². The van der Waals surface area contributed by atoms with E-state index in [-0.39, 0.29) is 5.97 Å². The van der Waals surface area contributed by atoms with Crippen molar-refractivity contribution in [2.75, 3.05) is 30.8 Å². The molecule has 5 heteroatoms. The van der Waals surface area contributed by atoms with E-state index in [0.29, 0.717) is 29.6 Å². The zero-order valence-electron chi connectivity index (χ0n) is 12.1. The Labute approximate surface area is 114 Å². The van der Waals surface area contributed by atoms with Crippen LogP contribution in [0, 0.1) is 5.92 Å². The number of pyridine rings is 1. The van der Waals surface area contributed by atoms with Gasteiger partial charge < -0.3 is 15.4 Å². The quantitative estimate of drug-likeness (QED) is 0.799. The van der Waals surface area contributed by atoms with E-state index < -0.39 is 0 Å². The number of ether oxygens (including phenoxy) is 1. The van der Waals surface area contributed by atoms with Gasteiger partial charge in [0.2, 0.25) is 0 Å². The molecule has 0 aliphatic heterocycles. The van der Waals surface area contributed by atoms with E-state index in [4.69, 9.17) is 10.5 Å². The van der Waals surface area contributed by atoms with Gasteiger partial charge in [-0.05, 0) is 18.9 Å². The lowest BCUT2D eigenvalue weighted by Crippen LogP contribution is -2.27. The highest BCUT2D eigenvalue weighted by molar-refractivity contribution is 5.95. The van der Waals surface area contributed by atoms with Gasteiger partial charge in [0.05, 0.1) is 18.5 Å². The summed E-state index contributed by atoms with van der Waals surface area (Å²) >= 11 is 0. The Bertz CT molecular complexity index is 435. The van der Waals surface area contributed by atoms with Gasteiger partial charge >= 0.3 is 5.97 Å². The number of rotatable bonds is 6. The molecule has 106 valence electrons. The Morgan fingerprint density at radius 2 is 2.21 bits per heavy atom. The van der Waals surface area contributed by atoms with Crippen LogP contribution in [-0.4, -0.2) is 31.2 Å². The average molecular weight is 265 g/mol. The molecule has 0 saturated heterocycles. The van der Waals surface area contributed by atoms with Gasteiger partial charge in [0.1, 0.15) is 11.4 Å². The van der Waals surface area contributed by atoms with Crippen LogP contribution in [-0.2, 0) is 4.74 Å². The number of nitrogen functional groups attached to an aromatic ring is 1. The van der Waals surface area contributed by atoms with E-state index in [9.17, 15) is 4.79 Å². The molecule has 1 rings (SSSR count). The van der Waals surface area contributed by atoms with Crippen molar-refractivity contribution >= 4 is 17.5 Å². The maximum Gasteiger partial charge on any atom is 0.341 e. The summed E-state index contributed by atoms with van der Waals surface area (Å²) in [6.07, 6.45) is 2.64. The van der Waals surface area contributed by atoms with Crippen molar-refractivity contribution in [3.05, 3.63) is 17.8 Å². The molecule has 5 nitrogen and oxygen atoms in total. The van der Waals surface area contributed by atoms with Crippen molar-refractivity contribution in [3.8, 4) is 0 Å². The van der Waals surface area contributed by atoms with Gasteiger partial charge in [-0.15, -0.1) is 0 Å². The van der Waals surface area contributed by atoms with E-state index in [0.717, 1.165) is 13.0 Å². The molecular formula is C14H23N3O2. The number of anilines is 2. The van der Waals surface area contributed by atoms with Crippen molar-refractivity contribution < 1.29 is 9.53 Å². The van der Waals surface area contributed by atoms with Crippen molar-refractivity contribution in [2.24, 2.45) is 5.92 Å². The molecule has 2 N–H and O–H groups in total. The Morgan fingerprint density at radius 3 is 2.79 bits per heavy atom. The van der Waals surface area contributed by atoms with Crippen LogP contribution in [0.5, 0.6) is 0 Å². The van der Waals surface area contributed by atoms with E-state index in [1.54, 1.807) is 19.2 Å². The maximum absolute atomic E-state index is 11.9. The molecule has 0 spiro atoms. The lowest BCUT2D eigenvalue weighted by atomic mass is 10.1. The number of hydrogen-bond acceptors (Lipinski definition) is 5. The van der Waals surface area contributed by atoms with Crippen molar-refractivity contribution in [1.82, 2.24) is 4.98 Å². The largest absolute Gasteiger partial charge is 0.462 e. The van der Waals surface area contributed by atoms with E-state index in [2.05, 4.69) is 18.8 Å². The first kappa shape index (κ1) is 15.3. The van der Waals surface area contributed by atoms with Gasteiger partial charge in [-0.2, -0.15) is 0 Å². The summed E-state index contributed by atoms with van der Waals surface area (Å²) in [7, 11) is 1.92. The van der Waals surface area contributed by atoms with Gasteiger partial charge in [0, 0.05) is 13.6 Å². The van der Waals surface area contributed by atoms with Crippen molar-refractivity contribution in [2.45, 2.75) is 27.2 Å². The van der Waals surface area contributed by atoms with Gasteiger partial charge in [-0.1, -0.05) is 20.3 Å². The van der Waals surface area contributed by atoms with E-state index in [1.165, 1.54) is 0 Å². The van der Waals surface area contributed by atoms with Crippen LogP contribution in [0.3, 0.4) is 0 Å². The first-order valence-corrected chi connectivity index (χ1v) is 6.63. The monoisotopic (exact) mass is 265 g/mol. The summed E-state index contributed by atoms with van der Waals surface area (Å²) in [5.41, 5.74) is 6.59. The molecular weight excluding hydrogens is 242 g/mol. The van der Waals surface area contributed by atoms with Crippen LogP contribution in [0.4, 0.5) is 11.5 Å². The fourth-order valence-electron chi connectivity index (χ4n) is 1.82. The molecule has 1 aromatic rings. The Kier molecular flexibility index (Phi) is 5.60. The minimum atomic E-state index is -0.381. The average Bonchev–Trinajstić information content (AvgIpc) is 2.38. The van der Waals surface area contributed by atoms with Crippen LogP contribution in [0.1, 0.15) is 37.6 Å². The number of esters is 1. The molecule has 0 aliphatic rings. The normalized spacial score (nSPS) is 12.0. The van der Waals surface area contributed by atoms with Gasteiger partial charge in [0.15, 0.2) is 0 Å². The second-order valence-electron chi connectivity index (χ2n) is 4.75. The van der Waals surface area contributed by atoms with Gasteiger partial charge in [-0.3, -0.25) is 0 Å². The lowest BCUT2D eigenvalue weighted by molar-refractivity contribution is 0.0526. The molecule has 1 heterocycles. The minimum absolute atomic E-state index is 0.335. The van der Waals surface area contributed by atoms with E-state index >= 15 is 0 Å². The van der Waals surface area contributed by atoms with Crippen LogP contribution >= 0.6 is 0 Å². The molecule has 1 atom stereocenters. The zero-order chi connectivity index (χ0) is 14.4. The molecule has 0 amide bonds. The molecule has 19 heavy (non-hydrogen) atoms. The second kappa shape index (κ2) is 6.97. The molecule has 1 aromatic heterocycles. The summed E-state index contributed by atoms with van der Waals surface area (Å²) in [5, 5.41) is 0. The summed E-state index contributed by atoms with van der Waals surface area (Å²) in [5.74, 6) is 0.764. The SMILES string of the molecule is CCOC(=O)c1cc(N)cnc1N(C)CC(C)CC. The first-order chi connectivity index (χ1) is 8.99. The standard InChI is InChI=1S/C14H23N3O2/c1-5-10(3)9-17(4)13-12(14(18)19-6-2)7-11(15)8-16-13/h7-8,10H,5-6,9,15H2,1-4H3. The number of hydrogen-bond donors (Lipinski definition) is 1. The fraction of sp³-hybridized carbons (Fsp3) is 0.571.